The molecule has 1 unspecified atom stereocenters. The molecule has 2 N–H and O–H groups in total. The van der Waals surface area contributed by atoms with Gasteiger partial charge in [-0.1, -0.05) is 26.2 Å². The largest absolute Gasteiger partial charge is 0.374 e. The molecule has 0 rings (SSSR count). The summed E-state index contributed by atoms with van der Waals surface area (Å²) in [6.07, 6.45) is 4.85. The molecule has 0 aromatic heterocycles. The van der Waals surface area contributed by atoms with Crippen LogP contribution in [0.2, 0.25) is 0 Å². The Balaban J connectivity index is 3.63. The molecule has 1 atom stereocenters. The molecule has 0 aliphatic heterocycles. The zero-order valence-corrected chi connectivity index (χ0v) is 8.73. The molecule has 0 saturated heterocycles. The fraction of sp³-hybridized carbons (Fsp3) is 1.00. The van der Waals surface area contributed by atoms with Crippen LogP contribution in [0.4, 0.5) is 0 Å². The minimum Gasteiger partial charge on any atom is -0.374 e. The number of hydrogen-bond donors (Lipinski definition) is 1. The zero-order valence-electron chi connectivity index (χ0n) is 8.73. The van der Waals surface area contributed by atoms with Crippen molar-refractivity contribution in [3.05, 3.63) is 0 Å². The number of rotatable bonds is 7. The van der Waals surface area contributed by atoms with Gasteiger partial charge in [-0.25, -0.2) is 0 Å². The Hall–Kier alpha value is -0.0800. The lowest BCUT2D eigenvalue weighted by atomic mass is 9.98. The number of ether oxygens (including phenoxy) is 1. The van der Waals surface area contributed by atoms with Crippen molar-refractivity contribution in [2.75, 3.05) is 13.2 Å². The van der Waals surface area contributed by atoms with Crippen molar-refractivity contribution in [3.63, 3.8) is 0 Å². The zero-order chi connectivity index (χ0) is 9.45. The maximum absolute atomic E-state index is 5.65. The van der Waals surface area contributed by atoms with Crippen LogP contribution >= 0.6 is 0 Å². The van der Waals surface area contributed by atoms with Gasteiger partial charge in [0.05, 0.1) is 5.60 Å². The molecule has 0 aliphatic rings. The molecule has 0 bridgehead atoms. The summed E-state index contributed by atoms with van der Waals surface area (Å²) in [5.74, 6) is 0. The highest BCUT2D eigenvalue weighted by Gasteiger charge is 2.21. The number of hydrogen-bond acceptors (Lipinski definition) is 2. The van der Waals surface area contributed by atoms with E-state index in [1.165, 1.54) is 19.3 Å². The smallest absolute Gasteiger partial charge is 0.0776 e. The molecule has 0 aliphatic carbocycles. The number of unbranched alkanes of at least 4 members (excludes halogenated alkanes) is 2. The van der Waals surface area contributed by atoms with Gasteiger partial charge in [-0.3, -0.25) is 0 Å². The van der Waals surface area contributed by atoms with E-state index in [2.05, 4.69) is 13.8 Å². The van der Waals surface area contributed by atoms with Gasteiger partial charge < -0.3 is 10.5 Å². The first-order valence-corrected chi connectivity index (χ1v) is 5.02. The Kier molecular flexibility index (Phi) is 6.39. The molecule has 0 radical (unpaired) electrons. The average molecular weight is 173 g/mol. The van der Waals surface area contributed by atoms with Crippen LogP contribution in [0, 0.1) is 0 Å². The van der Waals surface area contributed by atoms with Crippen LogP contribution in [0.1, 0.15) is 46.5 Å². The van der Waals surface area contributed by atoms with Gasteiger partial charge in [0, 0.05) is 13.2 Å². The van der Waals surface area contributed by atoms with Crippen LogP contribution < -0.4 is 5.73 Å². The fourth-order valence-corrected chi connectivity index (χ4v) is 1.33. The summed E-state index contributed by atoms with van der Waals surface area (Å²) in [7, 11) is 0. The molecule has 0 saturated carbocycles. The summed E-state index contributed by atoms with van der Waals surface area (Å²) in [5, 5.41) is 0. The van der Waals surface area contributed by atoms with E-state index in [0.29, 0.717) is 6.54 Å². The van der Waals surface area contributed by atoms with Crippen molar-refractivity contribution in [1.82, 2.24) is 0 Å². The SMILES string of the molecule is CCCCCC(C)(CN)OCC. The van der Waals surface area contributed by atoms with Crippen LogP contribution in [-0.4, -0.2) is 18.8 Å². The second kappa shape index (κ2) is 6.44. The van der Waals surface area contributed by atoms with Crippen molar-refractivity contribution in [2.24, 2.45) is 5.73 Å². The maximum atomic E-state index is 5.65. The summed E-state index contributed by atoms with van der Waals surface area (Å²) in [6, 6.07) is 0. The van der Waals surface area contributed by atoms with Crippen LogP contribution in [0.25, 0.3) is 0 Å². The monoisotopic (exact) mass is 173 g/mol. The summed E-state index contributed by atoms with van der Waals surface area (Å²) >= 11 is 0. The summed E-state index contributed by atoms with van der Waals surface area (Å²) < 4.78 is 5.60. The van der Waals surface area contributed by atoms with Gasteiger partial charge in [0.1, 0.15) is 0 Å². The van der Waals surface area contributed by atoms with E-state index in [4.69, 9.17) is 10.5 Å². The Labute approximate surface area is 76.5 Å². The molecule has 0 heterocycles. The summed E-state index contributed by atoms with van der Waals surface area (Å²) in [6.45, 7) is 7.73. The lowest BCUT2D eigenvalue weighted by molar-refractivity contribution is -0.0253. The first kappa shape index (κ1) is 11.9. The van der Waals surface area contributed by atoms with Crippen molar-refractivity contribution in [3.8, 4) is 0 Å². The molecular weight excluding hydrogens is 150 g/mol. The molecule has 2 nitrogen and oxygen atoms in total. The topological polar surface area (TPSA) is 35.2 Å². The normalized spacial score (nSPS) is 16.0. The molecule has 2 heteroatoms. The van der Waals surface area contributed by atoms with Gasteiger partial charge in [0.15, 0.2) is 0 Å². The maximum Gasteiger partial charge on any atom is 0.0776 e. The minimum absolute atomic E-state index is 0.0794. The Morgan fingerprint density at radius 2 is 1.92 bits per heavy atom. The van der Waals surface area contributed by atoms with E-state index in [0.717, 1.165) is 13.0 Å². The highest BCUT2D eigenvalue weighted by atomic mass is 16.5. The van der Waals surface area contributed by atoms with Crippen LogP contribution in [-0.2, 0) is 4.74 Å². The standard InChI is InChI=1S/C10H23NO/c1-4-6-7-8-10(3,9-11)12-5-2/h4-9,11H2,1-3H3. The molecular formula is C10H23NO. The molecule has 0 aromatic rings. The van der Waals surface area contributed by atoms with Gasteiger partial charge in [0.2, 0.25) is 0 Å². The molecule has 0 spiro atoms. The second-order valence-corrected chi connectivity index (χ2v) is 3.54. The lowest BCUT2D eigenvalue weighted by Crippen LogP contribution is -2.37. The first-order valence-electron chi connectivity index (χ1n) is 5.02. The predicted molar refractivity (Wildman–Crippen MR) is 53.2 cm³/mol. The first-order chi connectivity index (χ1) is 5.68. The van der Waals surface area contributed by atoms with Gasteiger partial charge in [-0.15, -0.1) is 0 Å². The highest BCUT2D eigenvalue weighted by Crippen LogP contribution is 2.17. The second-order valence-electron chi connectivity index (χ2n) is 3.54. The van der Waals surface area contributed by atoms with E-state index in [1.54, 1.807) is 0 Å². The van der Waals surface area contributed by atoms with Gasteiger partial charge >= 0.3 is 0 Å². The van der Waals surface area contributed by atoms with Gasteiger partial charge in [0.25, 0.3) is 0 Å². The van der Waals surface area contributed by atoms with Crippen LogP contribution in [0.3, 0.4) is 0 Å². The van der Waals surface area contributed by atoms with E-state index >= 15 is 0 Å². The average Bonchev–Trinajstić information content (AvgIpc) is 2.06. The lowest BCUT2D eigenvalue weighted by Gasteiger charge is -2.27. The van der Waals surface area contributed by atoms with E-state index in [1.807, 2.05) is 6.92 Å². The summed E-state index contributed by atoms with van der Waals surface area (Å²) in [5.41, 5.74) is 5.57. The third-order valence-corrected chi connectivity index (χ3v) is 2.23. The predicted octanol–water partition coefficient (Wildman–Crippen LogP) is 2.32. The fourth-order valence-electron chi connectivity index (χ4n) is 1.33. The minimum atomic E-state index is -0.0794. The van der Waals surface area contributed by atoms with Crippen molar-refractivity contribution in [2.45, 2.75) is 52.1 Å². The number of nitrogens with two attached hydrogens (primary N) is 1. The Morgan fingerprint density at radius 1 is 1.25 bits per heavy atom. The molecule has 0 amide bonds. The summed E-state index contributed by atoms with van der Waals surface area (Å²) in [4.78, 5) is 0. The third-order valence-electron chi connectivity index (χ3n) is 2.23. The quantitative estimate of drug-likeness (QED) is 0.600. The Morgan fingerprint density at radius 3 is 2.33 bits per heavy atom. The Bertz CT molecular complexity index is 106. The highest BCUT2D eigenvalue weighted by molar-refractivity contribution is 4.75. The molecule has 74 valence electrons. The van der Waals surface area contributed by atoms with Crippen LogP contribution in [0.5, 0.6) is 0 Å². The third kappa shape index (κ3) is 4.73. The molecule has 12 heavy (non-hydrogen) atoms. The van der Waals surface area contributed by atoms with Gasteiger partial charge in [-0.2, -0.15) is 0 Å². The van der Waals surface area contributed by atoms with Crippen molar-refractivity contribution >= 4 is 0 Å². The molecule has 0 fully saturated rings. The van der Waals surface area contributed by atoms with E-state index in [-0.39, 0.29) is 5.60 Å². The van der Waals surface area contributed by atoms with E-state index < -0.39 is 0 Å². The van der Waals surface area contributed by atoms with Crippen molar-refractivity contribution in [1.29, 1.82) is 0 Å². The van der Waals surface area contributed by atoms with Crippen molar-refractivity contribution < 1.29 is 4.74 Å². The van der Waals surface area contributed by atoms with E-state index in [9.17, 15) is 0 Å². The van der Waals surface area contributed by atoms with Gasteiger partial charge in [-0.05, 0) is 20.3 Å². The van der Waals surface area contributed by atoms with Crippen LogP contribution in [0.15, 0.2) is 0 Å². The molecule has 0 aromatic carbocycles.